The molecule has 2 aromatic heterocycles. The lowest BCUT2D eigenvalue weighted by Gasteiger charge is -2.32. The average molecular weight is 457 g/mol. The van der Waals surface area contributed by atoms with Gasteiger partial charge in [-0.3, -0.25) is 9.48 Å². The fraction of sp³-hybridized carbons (Fsp3) is 0.200. The number of para-hydroxylation sites is 1. The van der Waals surface area contributed by atoms with Crippen LogP contribution in [0.25, 0.3) is 22.2 Å². The molecule has 0 saturated carbocycles. The first-order valence-corrected chi connectivity index (χ1v) is 11.0. The van der Waals surface area contributed by atoms with E-state index in [-0.39, 0.29) is 23.3 Å². The Balaban J connectivity index is 1.55. The Bertz CT molecular complexity index is 1410. The number of nitrogens with zero attached hydrogens (tertiary/aromatic N) is 4. The highest BCUT2D eigenvalue weighted by molar-refractivity contribution is 5.99. The minimum Gasteiger partial charge on any atom is -0.457 e. The molecule has 1 amide bonds. The number of benzene rings is 2. The zero-order valence-electron chi connectivity index (χ0n) is 18.4. The SMILES string of the molecule is C=CC(=O)N1CCCC(n2nc(-c3ccc(Oc4ccccc4)cc3)c3c(N)noc(=O)c32)C1. The van der Waals surface area contributed by atoms with Gasteiger partial charge in [-0.25, -0.2) is 4.79 Å². The van der Waals surface area contributed by atoms with Gasteiger partial charge in [-0.15, -0.1) is 0 Å². The van der Waals surface area contributed by atoms with Crippen molar-refractivity contribution >= 4 is 22.6 Å². The number of amides is 1. The number of carbonyl (C=O) groups is 1. The molecule has 1 saturated heterocycles. The molecule has 2 aromatic carbocycles. The molecule has 3 heterocycles. The van der Waals surface area contributed by atoms with E-state index in [0.29, 0.717) is 29.9 Å². The molecule has 34 heavy (non-hydrogen) atoms. The zero-order chi connectivity index (χ0) is 23.7. The summed E-state index contributed by atoms with van der Waals surface area (Å²) in [6, 6.07) is 16.6. The first-order valence-electron chi connectivity index (χ1n) is 11.0. The number of hydrogen-bond acceptors (Lipinski definition) is 7. The normalized spacial score (nSPS) is 15.9. The molecule has 1 aliphatic rings. The maximum absolute atomic E-state index is 12.7. The third kappa shape index (κ3) is 3.92. The van der Waals surface area contributed by atoms with Crippen molar-refractivity contribution in [2.24, 2.45) is 0 Å². The van der Waals surface area contributed by atoms with Gasteiger partial charge in [-0.2, -0.15) is 5.10 Å². The van der Waals surface area contributed by atoms with Crippen LogP contribution >= 0.6 is 0 Å². The van der Waals surface area contributed by atoms with Crippen molar-refractivity contribution in [2.75, 3.05) is 18.8 Å². The number of piperidine rings is 1. The van der Waals surface area contributed by atoms with Crippen molar-refractivity contribution in [1.82, 2.24) is 19.8 Å². The number of likely N-dealkylation sites (tertiary alicyclic amines) is 1. The topological polar surface area (TPSA) is 116 Å². The van der Waals surface area contributed by atoms with E-state index in [4.69, 9.17) is 20.1 Å². The lowest BCUT2D eigenvalue weighted by atomic mass is 10.1. The molecule has 1 fully saturated rings. The Morgan fingerprint density at radius 3 is 2.62 bits per heavy atom. The van der Waals surface area contributed by atoms with Crippen molar-refractivity contribution in [2.45, 2.75) is 18.9 Å². The van der Waals surface area contributed by atoms with Gasteiger partial charge in [-0.05, 0) is 55.3 Å². The van der Waals surface area contributed by atoms with Crippen LogP contribution in [0.3, 0.4) is 0 Å². The molecule has 4 aromatic rings. The number of ether oxygens (including phenoxy) is 1. The average Bonchev–Trinajstić information content (AvgIpc) is 3.29. The maximum atomic E-state index is 12.7. The van der Waals surface area contributed by atoms with E-state index in [0.717, 1.165) is 24.2 Å². The molecule has 1 aliphatic heterocycles. The smallest absolute Gasteiger partial charge is 0.384 e. The summed E-state index contributed by atoms with van der Waals surface area (Å²) >= 11 is 0. The van der Waals surface area contributed by atoms with Crippen LogP contribution < -0.4 is 16.1 Å². The van der Waals surface area contributed by atoms with Gasteiger partial charge in [0.2, 0.25) is 5.91 Å². The van der Waals surface area contributed by atoms with Crippen molar-refractivity contribution < 1.29 is 14.1 Å². The van der Waals surface area contributed by atoms with E-state index in [1.807, 2.05) is 54.6 Å². The van der Waals surface area contributed by atoms with Crippen molar-refractivity contribution in [3.05, 3.63) is 77.7 Å². The second kappa shape index (κ2) is 8.86. The number of nitrogens with two attached hydrogens (primary N) is 1. The first kappa shape index (κ1) is 21.4. The Morgan fingerprint density at radius 1 is 1.15 bits per heavy atom. The highest BCUT2D eigenvalue weighted by Crippen LogP contribution is 2.34. The van der Waals surface area contributed by atoms with Crippen molar-refractivity contribution in [3.8, 4) is 22.8 Å². The predicted octanol–water partition coefficient (Wildman–Crippen LogP) is 3.78. The quantitative estimate of drug-likeness (QED) is 0.453. The summed E-state index contributed by atoms with van der Waals surface area (Å²) in [5.41, 5.74) is 7.02. The molecule has 2 N–H and O–H groups in total. The van der Waals surface area contributed by atoms with Gasteiger partial charge in [0.1, 0.15) is 17.2 Å². The van der Waals surface area contributed by atoms with Gasteiger partial charge in [0.15, 0.2) is 11.3 Å². The summed E-state index contributed by atoms with van der Waals surface area (Å²) in [6.45, 7) is 4.62. The molecule has 5 rings (SSSR count). The van der Waals surface area contributed by atoms with Crippen LogP contribution in [0, 0.1) is 0 Å². The minimum atomic E-state index is -0.626. The highest BCUT2D eigenvalue weighted by Gasteiger charge is 2.29. The number of nitrogen functional groups attached to an aromatic ring is 1. The van der Waals surface area contributed by atoms with E-state index >= 15 is 0 Å². The summed E-state index contributed by atoms with van der Waals surface area (Å²) in [6.07, 6.45) is 2.82. The lowest BCUT2D eigenvalue weighted by molar-refractivity contribution is -0.127. The molecule has 0 radical (unpaired) electrons. The Hall–Kier alpha value is -4.40. The molecule has 9 nitrogen and oxygen atoms in total. The lowest BCUT2D eigenvalue weighted by Crippen LogP contribution is -2.40. The van der Waals surface area contributed by atoms with Crippen LogP contribution in [0.2, 0.25) is 0 Å². The van der Waals surface area contributed by atoms with E-state index < -0.39 is 5.63 Å². The molecule has 1 atom stereocenters. The predicted molar refractivity (Wildman–Crippen MR) is 127 cm³/mol. The van der Waals surface area contributed by atoms with Gasteiger partial charge < -0.3 is 19.9 Å². The summed E-state index contributed by atoms with van der Waals surface area (Å²) in [4.78, 5) is 26.6. The second-order valence-electron chi connectivity index (χ2n) is 8.10. The van der Waals surface area contributed by atoms with E-state index in [2.05, 4.69) is 11.7 Å². The summed E-state index contributed by atoms with van der Waals surface area (Å²) in [5, 5.41) is 8.92. The van der Waals surface area contributed by atoms with Crippen LogP contribution in [0.1, 0.15) is 18.9 Å². The van der Waals surface area contributed by atoms with Crippen LogP contribution in [0.5, 0.6) is 11.5 Å². The first-order chi connectivity index (χ1) is 16.5. The monoisotopic (exact) mass is 457 g/mol. The van der Waals surface area contributed by atoms with Crippen molar-refractivity contribution in [3.63, 3.8) is 0 Å². The zero-order valence-corrected chi connectivity index (χ0v) is 18.4. The van der Waals surface area contributed by atoms with Gasteiger partial charge in [0.05, 0.1) is 11.4 Å². The van der Waals surface area contributed by atoms with Gasteiger partial charge in [0.25, 0.3) is 0 Å². The summed E-state index contributed by atoms with van der Waals surface area (Å²) < 4.78 is 12.4. The third-order valence-electron chi connectivity index (χ3n) is 5.92. The molecule has 1 unspecified atom stereocenters. The number of carbonyl (C=O) groups excluding carboxylic acids is 1. The minimum absolute atomic E-state index is 0.0790. The Kier molecular flexibility index (Phi) is 5.59. The van der Waals surface area contributed by atoms with Crippen LogP contribution in [-0.4, -0.2) is 38.8 Å². The Labute approximate surface area is 195 Å². The number of rotatable bonds is 5. The van der Waals surface area contributed by atoms with Gasteiger partial charge in [0, 0.05) is 18.7 Å². The standard InChI is InChI=1S/C25H23N5O4/c1-2-20(31)29-14-6-7-17(15-29)30-23-21(24(26)28-34-25(23)32)22(27-30)16-10-12-19(13-11-16)33-18-8-4-3-5-9-18/h2-5,8-13,17H,1,6-7,14-15H2,(H2,26,28). The van der Waals surface area contributed by atoms with Gasteiger partial charge in [-0.1, -0.05) is 29.9 Å². The molecular formula is C25H23N5O4. The highest BCUT2D eigenvalue weighted by atomic mass is 16.5. The fourth-order valence-electron chi connectivity index (χ4n) is 4.31. The molecule has 0 spiro atoms. The number of fused-ring (bicyclic) bond motifs is 1. The maximum Gasteiger partial charge on any atom is 0.384 e. The van der Waals surface area contributed by atoms with Crippen LogP contribution in [0.4, 0.5) is 5.82 Å². The van der Waals surface area contributed by atoms with E-state index in [1.54, 1.807) is 9.58 Å². The second-order valence-corrected chi connectivity index (χ2v) is 8.10. The molecule has 172 valence electrons. The Morgan fingerprint density at radius 2 is 1.88 bits per heavy atom. The molecule has 0 bridgehead atoms. The van der Waals surface area contributed by atoms with Crippen LogP contribution in [0.15, 0.2) is 76.6 Å². The molecular weight excluding hydrogens is 434 g/mol. The summed E-state index contributed by atoms with van der Waals surface area (Å²) in [7, 11) is 0. The third-order valence-corrected chi connectivity index (χ3v) is 5.92. The van der Waals surface area contributed by atoms with E-state index in [1.165, 1.54) is 6.08 Å². The van der Waals surface area contributed by atoms with Crippen LogP contribution in [-0.2, 0) is 4.79 Å². The summed E-state index contributed by atoms with van der Waals surface area (Å²) in [5.74, 6) is 1.32. The van der Waals surface area contributed by atoms with Gasteiger partial charge >= 0.3 is 5.63 Å². The largest absolute Gasteiger partial charge is 0.457 e. The number of hydrogen-bond donors (Lipinski definition) is 1. The fourth-order valence-corrected chi connectivity index (χ4v) is 4.31. The molecule has 0 aliphatic carbocycles. The van der Waals surface area contributed by atoms with E-state index in [9.17, 15) is 9.59 Å². The number of anilines is 1. The van der Waals surface area contributed by atoms with Crippen molar-refractivity contribution in [1.29, 1.82) is 0 Å². The molecule has 9 heteroatoms. The number of aromatic nitrogens is 3.